The molecule has 0 radical (unpaired) electrons. The van der Waals surface area contributed by atoms with Gasteiger partial charge in [-0.15, -0.1) is 0 Å². The monoisotopic (exact) mass is 759 g/mol. The average Bonchev–Trinajstić information content (AvgIpc) is 3.15. The fourth-order valence-electron chi connectivity index (χ4n) is 6.95. The lowest BCUT2D eigenvalue weighted by molar-refractivity contribution is -0.305. The van der Waals surface area contributed by atoms with Crippen LogP contribution in [0.15, 0.2) is 0 Å². The highest BCUT2D eigenvalue weighted by Gasteiger charge is 2.44. The number of carbonyl (C=O) groups is 2. The van der Waals surface area contributed by atoms with Crippen molar-refractivity contribution >= 4 is 11.9 Å². The molecule has 0 aromatic rings. The van der Waals surface area contributed by atoms with Crippen LogP contribution in [0.3, 0.4) is 0 Å². The Morgan fingerprint density at radius 3 is 1.28 bits per heavy atom. The Kier molecular flexibility index (Phi) is 33.0. The van der Waals surface area contributed by atoms with Crippen molar-refractivity contribution in [1.82, 2.24) is 0 Å². The summed E-state index contributed by atoms with van der Waals surface area (Å²) in [6.07, 6.45) is 26.8. The van der Waals surface area contributed by atoms with Crippen LogP contribution in [0.5, 0.6) is 0 Å². The van der Waals surface area contributed by atoms with E-state index in [1.165, 1.54) is 135 Å². The van der Waals surface area contributed by atoms with Crippen LogP contribution >= 0.6 is 0 Å². The molecule has 0 aromatic heterocycles. The summed E-state index contributed by atoms with van der Waals surface area (Å²) < 4.78 is 22.1. The van der Waals surface area contributed by atoms with Crippen LogP contribution in [0.1, 0.15) is 206 Å². The van der Waals surface area contributed by atoms with Crippen molar-refractivity contribution in [3.63, 3.8) is 0 Å². The molecule has 4 N–H and O–H groups in total. The van der Waals surface area contributed by atoms with Gasteiger partial charge in [0.1, 0.15) is 31.0 Å². The molecule has 1 aliphatic heterocycles. The van der Waals surface area contributed by atoms with Gasteiger partial charge in [-0.05, 0) is 12.8 Å². The van der Waals surface area contributed by atoms with E-state index in [2.05, 4.69) is 13.8 Å². The van der Waals surface area contributed by atoms with Gasteiger partial charge in [0.2, 0.25) is 0 Å². The first-order chi connectivity index (χ1) is 25.8. The van der Waals surface area contributed by atoms with Gasteiger partial charge in [0.05, 0.1) is 13.2 Å². The third-order valence-corrected chi connectivity index (χ3v) is 10.5. The molecule has 0 spiro atoms. The molecule has 0 aromatic carbocycles. The molecule has 10 heteroatoms. The van der Waals surface area contributed by atoms with E-state index in [-0.39, 0.29) is 32.0 Å². The van der Waals surface area contributed by atoms with Crippen LogP contribution in [0.2, 0.25) is 0 Å². The maximum Gasteiger partial charge on any atom is 0.306 e. The van der Waals surface area contributed by atoms with Crippen molar-refractivity contribution in [2.75, 3.05) is 19.8 Å². The number of carbonyl (C=O) groups excluding carboxylic acids is 2. The molecule has 10 nitrogen and oxygen atoms in total. The SMILES string of the molecule is CCCCCCCCCCCCCCCCCC(=O)OC[C@H](CO[C@H]1O[C@H](CO)[C@H](O)[C@H](O)[C@H]1O)OC(=O)CCCCCCCCCCCCCCC. The number of aliphatic hydroxyl groups excluding tert-OH is 4. The normalized spacial score (nSPS) is 20.8. The molecule has 1 aliphatic rings. The molecule has 0 bridgehead atoms. The molecular weight excluding hydrogens is 676 g/mol. The zero-order valence-corrected chi connectivity index (χ0v) is 34.0. The van der Waals surface area contributed by atoms with Gasteiger partial charge in [0, 0.05) is 12.8 Å². The predicted molar refractivity (Wildman–Crippen MR) is 210 cm³/mol. The maximum atomic E-state index is 12.7. The summed E-state index contributed by atoms with van der Waals surface area (Å²) in [6.45, 7) is 3.44. The van der Waals surface area contributed by atoms with Gasteiger partial charge in [0.15, 0.2) is 12.4 Å². The van der Waals surface area contributed by atoms with E-state index in [1.807, 2.05) is 0 Å². The molecule has 314 valence electrons. The van der Waals surface area contributed by atoms with E-state index in [4.69, 9.17) is 18.9 Å². The summed E-state index contributed by atoms with van der Waals surface area (Å²) in [5, 5.41) is 40.0. The minimum atomic E-state index is -1.59. The number of unbranched alkanes of at least 4 members (excludes halogenated alkanes) is 26. The second kappa shape index (κ2) is 35.1. The predicted octanol–water partition coefficient (Wildman–Crippen LogP) is 9.00. The second-order valence-corrected chi connectivity index (χ2v) is 15.5. The lowest BCUT2D eigenvalue weighted by Gasteiger charge is -2.39. The van der Waals surface area contributed by atoms with Crippen molar-refractivity contribution in [3.8, 4) is 0 Å². The maximum absolute atomic E-state index is 12.7. The van der Waals surface area contributed by atoms with Crippen molar-refractivity contribution in [2.45, 2.75) is 243 Å². The minimum Gasteiger partial charge on any atom is -0.462 e. The van der Waals surface area contributed by atoms with Gasteiger partial charge >= 0.3 is 11.9 Å². The highest BCUT2D eigenvalue weighted by Crippen LogP contribution is 2.23. The number of rotatable bonds is 37. The molecule has 1 fully saturated rings. The summed E-state index contributed by atoms with van der Waals surface area (Å²) in [5.74, 6) is -0.793. The van der Waals surface area contributed by atoms with Gasteiger partial charge in [0.25, 0.3) is 0 Å². The van der Waals surface area contributed by atoms with Crippen LogP contribution in [0, 0.1) is 0 Å². The number of hydrogen-bond donors (Lipinski definition) is 4. The Morgan fingerprint density at radius 1 is 0.509 bits per heavy atom. The Hall–Kier alpha value is -1.30. The Balaban J connectivity index is 2.32. The van der Waals surface area contributed by atoms with Gasteiger partial charge in [-0.2, -0.15) is 0 Å². The standard InChI is InChI=1S/C43H82O10/c1-3-5-7-9-11-13-15-17-18-20-21-23-25-27-29-31-38(45)50-34-36(35-51-43-42(49)41(48)40(47)37(33-44)53-43)52-39(46)32-30-28-26-24-22-19-16-14-12-10-8-6-4-2/h36-37,40-44,47-49H,3-35H2,1-2H3/t36-,37-,40+,41+,42-,43+/m1/s1. The molecule has 1 heterocycles. The first-order valence-corrected chi connectivity index (χ1v) is 22.1. The van der Waals surface area contributed by atoms with E-state index in [0.29, 0.717) is 6.42 Å². The van der Waals surface area contributed by atoms with E-state index in [0.717, 1.165) is 38.5 Å². The summed E-state index contributed by atoms with van der Waals surface area (Å²) >= 11 is 0. The molecular formula is C43H82O10. The van der Waals surface area contributed by atoms with Crippen LogP contribution in [0.4, 0.5) is 0 Å². The highest BCUT2D eigenvalue weighted by atomic mass is 16.7. The smallest absolute Gasteiger partial charge is 0.306 e. The first kappa shape index (κ1) is 49.7. The summed E-state index contributed by atoms with van der Waals surface area (Å²) in [7, 11) is 0. The first-order valence-electron chi connectivity index (χ1n) is 22.1. The third-order valence-electron chi connectivity index (χ3n) is 10.5. The second-order valence-electron chi connectivity index (χ2n) is 15.5. The van der Waals surface area contributed by atoms with Crippen LogP contribution in [-0.2, 0) is 28.5 Å². The quantitative estimate of drug-likeness (QED) is 0.0357. The highest BCUT2D eigenvalue weighted by molar-refractivity contribution is 5.70. The van der Waals surface area contributed by atoms with E-state index >= 15 is 0 Å². The third kappa shape index (κ3) is 27.0. The lowest BCUT2D eigenvalue weighted by atomic mass is 9.99. The Labute approximate surface area is 323 Å². The van der Waals surface area contributed by atoms with Crippen molar-refractivity contribution in [3.05, 3.63) is 0 Å². The van der Waals surface area contributed by atoms with Gasteiger partial charge < -0.3 is 39.4 Å². The average molecular weight is 759 g/mol. The number of esters is 2. The topological polar surface area (TPSA) is 152 Å². The van der Waals surface area contributed by atoms with Gasteiger partial charge in [-0.3, -0.25) is 9.59 Å². The summed E-state index contributed by atoms with van der Waals surface area (Å²) in [5.41, 5.74) is 0. The van der Waals surface area contributed by atoms with E-state index in [9.17, 15) is 30.0 Å². The zero-order chi connectivity index (χ0) is 38.8. The largest absolute Gasteiger partial charge is 0.462 e. The lowest BCUT2D eigenvalue weighted by Crippen LogP contribution is -2.59. The molecule has 0 saturated carbocycles. The number of aliphatic hydroxyl groups is 4. The number of ether oxygens (including phenoxy) is 4. The van der Waals surface area contributed by atoms with Crippen LogP contribution in [0.25, 0.3) is 0 Å². The molecule has 6 atom stereocenters. The fourth-order valence-corrected chi connectivity index (χ4v) is 6.95. The number of hydrogen-bond acceptors (Lipinski definition) is 10. The van der Waals surface area contributed by atoms with Crippen LogP contribution < -0.4 is 0 Å². The summed E-state index contributed by atoms with van der Waals surface area (Å²) in [4.78, 5) is 25.3. The molecule has 53 heavy (non-hydrogen) atoms. The molecule has 0 amide bonds. The molecule has 0 aliphatic carbocycles. The van der Waals surface area contributed by atoms with Crippen molar-refractivity contribution < 1.29 is 49.0 Å². The van der Waals surface area contributed by atoms with Gasteiger partial charge in [-0.1, -0.05) is 181 Å². The van der Waals surface area contributed by atoms with E-state index < -0.39 is 49.4 Å². The Bertz CT molecular complexity index is 840. The van der Waals surface area contributed by atoms with E-state index in [1.54, 1.807) is 0 Å². The minimum absolute atomic E-state index is 0.209. The fraction of sp³-hybridized carbons (Fsp3) is 0.953. The summed E-state index contributed by atoms with van der Waals surface area (Å²) in [6, 6.07) is 0. The van der Waals surface area contributed by atoms with Crippen molar-refractivity contribution in [2.24, 2.45) is 0 Å². The molecule has 0 unspecified atom stereocenters. The van der Waals surface area contributed by atoms with Crippen LogP contribution in [-0.4, -0.2) is 89.0 Å². The molecule has 1 rings (SSSR count). The molecule has 1 saturated heterocycles. The van der Waals surface area contributed by atoms with Gasteiger partial charge in [-0.25, -0.2) is 0 Å². The Morgan fingerprint density at radius 2 is 0.887 bits per heavy atom. The van der Waals surface area contributed by atoms with Crippen molar-refractivity contribution in [1.29, 1.82) is 0 Å². The zero-order valence-electron chi connectivity index (χ0n) is 34.0.